The maximum Gasteiger partial charge on any atom is 0.336 e. The number of carbonyl (C=O) groups is 2. The Kier molecular flexibility index (Phi) is 5.38. The molecule has 0 saturated carbocycles. The van der Waals surface area contributed by atoms with Crippen LogP contribution in [-0.4, -0.2) is 55.0 Å². The lowest BCUT2D eigenvalue weighted by atomic mass is 10.3. The van der Waals surface area contributed by atoms with Crippen LogP contribution in [0.15, 0.2) is 24.3 Å². The number of hydrogen-bond acceptors (Lipinski definition) is 4. The van der Waals surface area contributed by atoms with E-state index in [1.165, 1.54) is 0 Å². The lowest BCUT2D eigenvalue weighted by Crippen LogP contribution is -2.53. The molecule has 114 valence electrons. The van der Waals surface area contributed by atoms with Gasteiger partial charge in [-0.15, -0.1) is 0 Å². The molecule has 2 rings (SSSR count). The number of carboxylic acids is 1. The number of rotatable bonds is 4. The molecule has 8 heteroatoms. The van der Waals surface area contributed by atoms with Gasteiger partial charge < -0.3 is 9.84 Å². The molecule has 0 atom stereocenters. The Bertz CT molecular complexity index is 503. The molecule has 1 fully saturated rings. The van der Waals surface area contributed by atoms with Crippen molar-refractivity contribution in [2.24, 2.45) is 0 Å². The number of ether oxygens (including phenoxy) is 1. The molecule has 1 saturated heterocycles. The van der Waals surface area contributed by atoms with Gasteiger partial charge in [-0.05, 0) is 24.3 Å². The summed E-state index contributed by atoms with van der Waals surface area (Å²) in [6, 6.07) is 5.91. The summed E-state index contributed by atoms with van der Waals surface area (Å²) < 4.78 is 5.19. The maximum atomic E-state index is 12.3. The molecule has 1 aliphatic heterocycles. The first-order valence-electron chi connectivity index (χ1n) is 6.44. The highest BCUT2D eigenvalue weighted by molar-refractivity contribution is 6.30. The summed E-state index contributed by atoms with van der Waals surface area (Å²) in [4.78, 5) is 24.4. The Morgan fingerprint density at radius 1 is 1.29 bits per heavy atom. The highest BCUT2D eigenvalue weighted by atomic mass is 35.5. The van der Waals surface area contributed by atoms with Crippen LogP contribution >= 0.6 is 11.6 Å². The van der Waals surface area contributed by atoms with Crippen molar-refractivity contribution in [1.29, 1.82) is 0 Å². The van der Waals surface area contributed by atoms with Crippen LogP contribution < -0.4 is 10.3 Å². The number of aliphatic carboxylic acids is 1. The maximum absolute atomic E-state index is 12.3. The van der Waals surface area contributed by atoms with Crippen molar-refractivity contribution in [2.75, 3.05) is 37.7 Å². The molecule has 7 nitrogen and oxygen atoms in total. The molecular formula is C13H16ClN3O4. The lowest BCUT2D eigenvalue weighted by Gasteiger charge is -2.30. The third-order valence-corrected chi connectivity index (χ3v) is 3.19. The predicted molar refractivity (Wildman–Crippen MR) is 77.4 cm³/mol. The molecule has 0 unspecified atom stereocenters. The van der Waals surface area contributed by atoms with Crippen molar-refractivity contribution < 1.29 is 19.4 Å². The molecule has 1 heterocycles. The molecule has 2 amide bonds. The molecule has 0 bridgehead atoms. The number of hydrazine groups is 1. The van der Waals surface area contributed by atoms with Gasteiger partial charge in [-0.1, -0.05) is 11.6 Å². The minimum absolute atomic E-state index is 0.433. The number of halogens is 1. The van der Waals surface area contributed by atoms with Crippen molar-refractivity contribution in [1.82, 2.24) is 10.4 Å². The van der Waals surface area contributed by atoms with E-state index in [4.69, 9.17) is 21.4 Å². The molecule has 0 aliphatic carbocycles. The normalized spacial score (nSPS) is 15.5. The van der Waals surface area contributed by atoms with E-state index in [9.17, 15) is 9.59 Å². The zero-order chi connectivity index (χ0) is 15.2. The fourth-order valence-electron chi connectivity index (χ4n) is 1.91. The first-order chi connectivity index (χ1) is 10.1. The van der Waals surface area contributed by atoms with Crippen LogP contribution in [0.4, 0.5) is 10.5 Å². The second-order valence-corrected chi connectivity index (χ2v) is 4.91. The van der Waals surface area contributed by atoms with Crippen molar-refractivity contribution in [3.63, 3.8) is 0 Å². The van der Waals surface area contributed by atoms with Gasteiger partial charge in [-0.25, -0.2) is 9.80 Å². The highest BCUT2D eigenvalue weighted by Gasteiger charge is 2.21. The fourth-order valence-corrected chi connectivity index (χ4v) is 2.03. The predicted octanol–water partition coefficient (Wildman–Crippen LogP) is 1.19. The quantitative estimate of drug-likeness (QED) is 0.872. The number of amides is 2. The Hall–Kier alpha value is -1.83. The number of nitrogens with zero attached hydrogens (tertiary/aromatic N) is 2. The number of nitrogens with one attached hydrogen (secondary N) is 1. The monoisotopic (exact) mass is 313 g/mol. The molecule has 1 aliphatic rings. The summed E-state index contributed by atoms with van der Waals surface area (Å²) in [5, 5.41) is 11.2. The molecule has 1 aromatic carbocycles. The van der Waals surface area contributed by atoms with Crippen LogP contribution in [0.2, 0.25) is 5.02 Å². The number of urea groups is 1. The van der Waals surface area contributed by atoms with Crippen LogP contribution in [-0.2, 0) is 9.53 Å². The van der Waals surface area contributed by atoms with Crippen LogP contribution in [0.25, 0.3) is 0 Å². The summed E-state index contributed by atoms with van der Waals surface area (Å²) in [7, 11) is 0. The van der Waals surface area contributed by atoms with Crippen molar-refractivity contribution in [3.05, 3.63) is 29.3 Å². The van der Waals surface area contributed by atoms with Crippen molar-refractivity contribution >= 4 is 29.3 Å². The van der Waals surface area contributed by atoms with E-state index in [0.29, 0.717) is 37.0 Å². The smallest absolute Gasteiger partial charge is 0.336 e. The third kappa shape index (κ3) is 4.59. The van der Waals surface area contributed by atoms with E-state index in [0.717, 1.165) is 4.90 Å². The Balaban J connectivity index is 2.08. The van der Waals surface area contributed by atoms with Gasteiger partial charge in [0.1, 0.15) is 6.54 Å². The molecule has 2 N–H and O–H groups in total. The SMILES string of the molecule is O=C(O)CN(C(=O)NN1CCOCC1)c1ccc(Cl)cc1. The van der Waals surface area contributed by atoms with E-state index >= 15 is 0 Å². The number of anilines is 1. The third-order valence-electron chi connectivity index (χ3n) is 2.94. The first-order valence-corrected chi connectivity index (χ1v) is 6.82. The summed E-state index contributed by atoms with van der Waals surface area (Å²) in [5.41, 5.74) is 3.15. The van der Waals surface area contributed by atoms with Crippen LogP contribution in [0.5, 0.6) is 0 Å². The number of carboxylic acid groups (broad SMARTS) is 1. The van der Waals surface area contributed by atoms with Gasteiger partial charge in [-0.3, -0.25) is 15.1 Å². The minimum atomic E-state index is -1.10. The van der Waals surface area contributed by atoms with E-state index in [1.54, 1.807) is 29.3 Å². The van der Waals surface area contributed by atoms with Crippen LogP contribution in [0.1, 0.15) is 0 Å². The summed E-state index contributed by atoms with van der Waals surface area (Å²) in [5.74, 6) is -1.10. The van der Waals surface area contributed by atoms with Gasteiger partial charge in [0.25, 0.3) is 0 Å². The summed E-state index contributed by atoms with van der Waals surface area (Å²) in [6.07, 6.45) is 0. The zero-order valence-electron chi connectivity index (χ0n) is 11.3. The average molecular weight is 314 g/mol. The van der Waals surface area contributed by atoms with Gasteiger partial charge in [0.05, 0.1) is 13.2 Å². The Labute approximate surface area is 127 Å². The zero-order valence-corrected chi connectivity index (χ0v) is 12.0. The van der Waals surface area contributed by atoms with E-state index in [1.807, 2.05) is 0 Å². The fraction of sp³-hybridized carbons (Fsp3) is 0.385. The topological polar surface area (TPSA) is 82.1 Å². The second kappa shape index (κ2) is 7.26. The van der Waals surface area contributed by atoms with E-state index in [-0.39, 0.29) is 0 Å². The Morgan fingerprint density at radius 3 is 2.48 bits per heavy atom. The number of hydrogen-bond donors (Lipinski definition) is 2. The van der Waals surface area contributed by atoms with Gasteiger partial charge in [0.2, 0.25) is 0 Å². The van der Waals surface area contributed by atoms with Gasteiger partial charge in [0.15, 0.2) is 0 Å². The lowest BCUT2D eigenvalue weighted by molar-refractivity contribution is -0.135. The number of benzene rings is 1. The van der Waals surface area contributed by atoms with Crippen molar-refractivity contribution in [3.8, 4) is 0 Å². The number of carbonyl (C=O) groups excluding carboxylic acids is 1. The standard InChI is InChI=1S/C13H16ClN3O4/c14-10-1-3-11(4-2-10)17(9-12(18)19)13(20)15-16-5-7-21-8-6-16/h1-4H,5-9H2,(H,15,20)(H,18,19). The molecule has 0 spiro atoms. The van der Waals surface area contributed by atoms with Gasteiger partial charge >= 0.3 is 12.0 Å². The van der Waals surface area contributed by atoms with Gasteiger partial charge in [0, 0.05) is 23.8 Å². The van der Waals surface area contributed by atoms with Crippen LogP contribution in [0.3, 0.4) is 0 Å². The van der Waals surface area contributed by atoms with E-state index < -0.39 is 18.5 Å². The largest absolute Gasteiger partial charge is 0.480 e. The molecular weight excluding hydrogens is 298 g/mol. The van der Waals surface area contributed by atoms with E-state index in [2.05, 4.69) is 5.43 Å². The summed E-state index contributed by atoms with van der Waals surface area (Å²) in [6.45, 7) is 1.75. The molecule has 0 aromatic heterocycles. The summed E-state index contributed by atoms with van der Waals surface area (Å²) >= 11 is 5.80. The highest BCUT2D eigenvalue weighted by Crippen LogP contribution is 2.18. The second-order valence-electron chi connectivity index (χ2n) is 4.47. The van der Waals surface area contributed by atoms with Crippen LogP contribution in [0, 0.1) is 0 Å². The Morgan fingerprint density at radius 2 is 1.90 bits per heavy atom. The van der Waals surface area contributed by atoms with Gasteiger partial charge in [-0.2, -0.15) is 0 Å². The molecule has 21 heavy (non-hydrogen) atoms. The molecule has 0 radical (unpaired) electrons. The first kappa shape index (κ1) is 15.6. The molecule has 1 aromatic rings. The average Bonchev–Trinajstić information content (AvgIpc) is 2.46. The van der Waals surface area contributed by atoms with Crippen molar-refractivity contribution in [2.45, 2.75) is 0 Å². The number of morpholine rings is 1. The minimum Gasteiger partial charge on any atom is -0.480 e.